The number of hydrogen-bond donors (Lipinski definition) is 5. The van der Waals surface area contributed by atoms with Crippen molar-refractivity contribution < 1.29 is 38.9 Å². The number of carbonyl (C=O) groups is 3. The van der Waals surface area contributed by atoms with Gasteiger partial charge in [0.1, 0.15) is 22.8 Å². The van der Waals surface area contributed by atoms with Gasteiger partial charge >= 0.3 is 5.97 Å². The molecule has 5 aromatic rings. The molecule has 0 radical (unpaired) electrons. The molecule has 5 N–H and O–H groups in total. The second-order valence-corrected chi connectivity index (χ2v) is 14.0. The summed E-state index contributed by atoms with van der Waals surface area (Å²) in [6, 6.07) is 25.5. The maximum absolute atomic E-state index is 13.2. The first kappa shape index (κ1) is 38.6. The second kappa shape index (κ2) is 16.2. The number of carbonyl (C=O) groups excluding carboxylic acids is 2. The summed E-state index contributed by atoms with van der Waals surface area (Å²) < 4.78 is 13.1. The first-order valence-corrected chi connectivity index (χ1v) is 18.5. The van der Waals surface area contributed by atoms with Gasteiger partial charge in [0.2, 0.25) is 5.91 Å². The van der Waals surface area contributed by atoms with Crippen molar-refractivity contribution in [2.45, 2.75) is 32.4 Å². The summed E-state index contributed by atoms with van der Waals surface area (Å²) >= 11 is 6.07. The molecule has 2 aliphatic rings. The fourth-order valence-corrected chi connectivity index (χ4v) is 7.30. The molecule has 290 valence electrons. The Labute approximate surface area is 331 Å². The van der Waals surface area contributed by atoms with Gasteiger partial charge in [0.15, 0.2) is 11.7 Å². The van der Waals surface area contributed by atoms with E-state index in [4.69, 9.17) is 20.8 Å². The number of nitrogens with one attached hydrogen (secondary N) is 2. The highest BCUT2D eigenvalue weighted by molar-refractivity contribution is 6.30. The number of benzene rings is 5. The first-order valence-electron chi connectivity index (χ1n) is 18.2. The third-order valence-corrected chi connectivity index (χ3v) is 10.3. The van der Waals surface area contributed by atoms with Crippen LogP contribution in [-0.2, 0) is 11.2 Å². The highest BCUT2D eigenvalue weighted by Crippen LogP contribution is 2.42. The van der Waals surface area contributed by atoms with Crippen molar-refractivity contribution in [2.24, 2.45) is 0 Å². The summed E-state index contributed by atoms with van der Waals surface area (Å²) in [6.45, 7) is 2.50. The van der Waals surface area contributed by atoms with E-state index in [0.29, 0.717) is 57.8 Å². The van der Waals surface area contributed by atoms with Gasteiger partial charge in [-0.05, 0) is 97.6 Å². The summed E-state index contributed by atoms with van der Waals surface area (Å²) in [5.41, 5.74) is 4.14. The van der Waals surface area contributed by atoms with Gasteiger partial charge in [-0.15, -0.1) is 0 Å². The van der Waals surface area contributed by atoms with Crippen LogP contribution in [-0.4, -0.2) is 57.9 Å². The number of halogens is 1. The number of amides is 2. The second-order valence-electron chi connectivity index (χ2n) is 13.6. The number of nitrogens with zero attached hydrogens (tertiary/aromatic N) is 1. The molecule has 1 aliphatic carbocycles. The summed E-state index contributed by atoms with van der Waals surface area (Å²) in [5.74, 6) is -1.14. The standard InChI is InChI=1S/C44H38ClN3O9/c1-24-34(35-22-30(56-2)12-16-37(35)48(24)43(53)25-5-8-27(45)9-6-25)23-40(51)46-17-3-4-18-47-42(52)26-7-13-31(36(19-26)44(54)55)41-32-14-10-28(49)20-38(32)57-39-21-29(50)11-15-33(39)41/h5-16,19-22,43,49,53H,3-4,17-18,23H2,1-2H3,(H,46,51)(H,47,52)(H,54,55). The highest BCUT2D eigenvalue weighted by Gasteiger charge is 2.24. The van der Waals surface area contributed by atoms with E-state index < -0.39 is 18.1 Å². The van der Waals surface area contributed by atoms with Crippen molar-refractivity contribution in [1.82, 2.24) is 15.2 Å². The number of phenolic OH excluding ortho intramolecular Hbond substituents is 1. The molecule has 2 heterocycles. The molecule has 0 spiro atoms. The molecule has 0 bridgehead atoms. The van der Waals surface area contributed by atoms with E-state index in [2.05, 4.69) is 10.6 Å². The van der Waals surface area contributed by atoms with Crippen LogP contribution in [0.3, 0.4) is 0 Å². The van der Waals surface area contributed by atoms with E-state index in [-0.39, 0.29) is 52.5 Å². The summed E-state index contributed by atoms with van der Waals surface area (Å²) in [7, 11) is 1.57. The van der Waals surface area contributed by atoms with Gasteiger partial charge in [0, 0.05) is 69.0 Å². The van der Waals surface area contributed by atoms with Gasteiger partial charge in [-0.2, -0.15) is 0 Å². The molecule has 7 rings (SSSR count). The number of aliphatic hydroxyl groups is 1. The van der Waals surface area contributed by atoms with Crippen molar-refractivity contribution in [3.05, 3.63) is 140 Å². The highest BCUT2D eigenvalue weighted by atomic mass is 35.5. The molecule has 1 atom stereocenters. The smallest absolute Gasteiger partial charge is 0.336 e. The van der Waals surface area contributed by atoms with Crippen LogP contribution in [0.5, 0.6) is 11.5 Å². The third-order valence-electron chi connectivity index (χ3n) is 10.0. The Bertz CT molecular complexity index is 2700. The van der Waals surface area contributed by atoms with Crippen molar-refractivity contribution in [3.8, 4) is 33.9 Å². The zero-order chi connectivity index (χ0) is 40.4. The van der Waals surface area contributed by atoms with Crippen LogP contribution in [0, 0.1) is 6.92 Å². The minimum absolute atomic E-state index is 0.0633. The number of methoxy groups -OCH3 is 1. The molecule has 1 aromatic heterocycles. The molecule has 57 heavy (non-hydrogen) atoms. The number of carboxylic acid groups (broad SMARTS) is 1. The number of carboxylic acids is 1. The molecule has 0 saturated carbocycles. The molecule has 0 fully saturated rings. The fraction of sp³-hybridized carbons (Fsp3) is 0.182. The fourth-order valence-electron chi connectivity index (χ4n) is 7.17. The minimum Gasteiger partial charge on any atom is -0.508 e. The maximum Gasteiger partial charge on any atom is 0.336 e. The van der Waals surface area contributed by atoms with Gasteiger partial charge in [-0.3, -0.25) is 14.4 Å². The largest absolute Gasteiger partial charge is 0.508 e. The normalized spacial score (nSPS) is 11.9. The molecule has 0 saturated heterocycles. The number of aromatic nitrogens is 1. The summed E-state index contributed by atoms with van der Waals surface area (Å²) in [5, 5.41) is 39.3. The van der Waals surface area contributed by atoms with Crippen LogP contribution in [0.4, 0.5) is 0 Å². The van der Waals surface area contributed by atoms with Crippen LogP contribution in [0.2, 0.25) is 5.02 Å². The Hall–Kier alpha value is -6.63. The minimum atomic E-state index is -1.26. The van der Waals surface area contributed by atoms with E-state index in [9.17, 15) is 34.5 Å². The summed E-state index contributed by atoms with van der Waals surface area (Å²) in [6.07, 6.45) is 0.165. The number of hydrogen-bond acceptors (Lipinski definition) is 8. The van der Waals surface area contributed by atoms with Gasteiger partial charge < -0.3 is 39.7 Å². The number of ether oxygens (including phenoxy) is 1. The number of fused-ring (bicyclic) bond motifs is 3. The lowest BCUT2D eigenvalue weighted by Gasteiger charge is -2.17. The Morgan fingerprint density at radius 1 is 0.860 bits per heavy atom. The van der Waals surface area contributed by atoms with Crippen LogP contribution >= 0.6 is 11.6 Å². The van der Waals surface area contributed by atoms with Gasteiger partial charge in [-0.25, -0.2) is 4.79 Å². The monoisotopic (exact) mass is 787 g/mol. The van der Waals surface area contributed by atoms with E-state index >= 15 is 0 Å². The van der Waals surface area contributed by atoms with E-state index in [1.54, 1.807) is 60.2 Å². The lowest BCUT2D eigenvalue weighted by atomic mass is 9.90. The number of aromatic hydroxyl groups is 1. The van der Waals surface area contributed by atoms with Gasteiger partial charge in [0.05, 0.1) is 24.6 Å². The Kier molecular flexibility index (Phi) is 11.0. The maximum atomic E-state index is 13.2. The van der Waals surface area contributed by atoms with Crippen molar-refractivity contribution in [2.75, 3.05) is 20.2 Å². The first-order chi connectivity index (χ1) is 27.4. The molecular formula is C44H38ClN3O9. The Morgan fingerprint density at radius 3 is 2.33 bits per heavy atom. The Balaban J connectivity index is 0.991. The number of phenols is 1. The molecule has 2 amide bonds. The molecular weight excluding hydrogens is 750 g/mol. The molecule has 4 aromatic carbocycles. The van der Waals surface area contributed by atoms with Crippen LogP contribution < -0.4 is 20.8 Å². The third kappa shape index (κ3) is 7.91. The number of aromatic carboxylic acids is 1. The zero-order valence-electron chi connectivity index (χ0n) is 31.0. The average molecular weight is 788 g/mol. The average Bonchev–Trinajstić information content (AvgIpc) is 3.46. The van der Waals surface area contributed by atoms with Crippen LogP contribution in [0.25, 0.3) is 44.3 Å². The Morgan fingerprint density at radius 2 is 1.60 bits per heavy atom. The topological polar surface area (TPSA) is 180 Å². The predicted molar refractivity (Wildman–Crippen MR) is 216 cm³/mol. The van der Waals surface area contributed by atoms with E-state index in [0.717, 1.165) is 22.2 Å². The number of aliphatic hydroxyl groups excluding tert-OH is 1. The lowest BCUT2D eigenvalue weighted by Crippen LogP contribution is -2.28. The van der Waals surface area contributed by atoms with Crippen molar-refractivity contribution >= 4 is 51.3 Å². The van der Waals surface area contributed by atoms with Crippen LogP contribution in [0.15, 0.2) is 106 Å². The number of unbranched alkanes of at least 4 members (excludes halogenated alkanes) is 1. The zero-order valence-corrected chi connectivity index (χ0v) is 31.7. The number of rotatable bonds is 13. The van der Waals surface area contributed by atoms with Crippen molar-refractivity contribution in [1.29, 1.82) is 0 Å². The summed E-state index contributed by atoms with van der Waals surface area (Å²) in [4.78, 5) is 51.0. The lowest BCUT2D eigenvalue weighted by molar-refractivity contribution is -0.120. The SMILES string of the molecule is COc1ccc2c(c1)c(CC(=O)NCCCCNC(=O)c1ccc(-c3c4ccc(=O)cc-4oc4cc(O)ccc34)c(C(=O)O)c1)c(C)n2C(O)c1ccc(Cl)cc1. The van der Waals surface area contributed by atoms with E-state index in [1.807, 2.05) is 19.1 Å². The van der Waals surface area contributed by atoms with Gasteiger partial charge in [-0.1, -0.05) is 29.8 Å². The van der Waals surface area contributed by atoms with Crippen molar-refractivity contribution in [3.63, 3.8) is 0 Å². The molecule has 1 unspecified atom stereocenters. The predicted octanol–water partition coefficient (Wildman–Crippen LogP) is 7.30. The van der Waals surface area contributed by atoms with Gasteiger partial charge in [0.25, 0.3) is 5.91 Å². The molecule has 1 aliphatic heterocycles. The van der Waals surface area contributed by atoms with E-state index in [1.165, 1.54) is 36.4 Å². The van der Waals surface area contributed by atoms with Crippen LogP contribution in [0.1, 0.15) is 56.6 Å². The molecule has 12 nitrogen and oxygen atoms in total. The quantitative estimate of drug-likeness (QED) is 0.0592. The molecule has 13 heteroatoms.